The third-order valence-corrected chi connectivity index (χ3v) is 10.5. The van der Waals surface area contributed by atoms with Crippen molar-refractivity contribution in [2.24, 2.45) is 11.5 Å². The summed E-state index contributed by atoms with van der Waals surface area (Å²) in [5.74, 6) is 0.0752. The summed E-state index contributed by atoms with van der Waals surface area (Å²) < 4.78 is 66.3. The van der Waals surface area contributed by atoms with Crippen LogP contribution in [0.15, 0.2) is 46.7 Å². The van der Waals surface area contributed by atoms with Gasteiger partial charge in [0, 0.05) is 10.2 Å². The fraction of sp³-hybridized carbons (Fsp3) is 0.320. The van der Waals surface area contributed by atoms with Crippen LogP contribution in [0.1, 0.15) is 24.0 Å². The highest BCUT2D eigenvalue weighted by Gasteiger charge is 2.27. The Morgan fingerprint density at radius 3 is 2.31 bits per heavy atom. The van der Waals surface area contributed by atoms with E-state index in [1.54, 1.807) is 18.2 Å². The monoisotopic (exact) mass is 596 g/mol. The van der Waals surface area contributed by atoms with Crippen LogP contribution in [0.2, 0.25) is 0 Å². The zero-order valence-electron chi connectivity index (χ0n) is 21.2. The predicted octanol–water partition coefficient (Wildman–Crippen LogP) is 3.02. The minimum atomic E-state index is -4.30. The fourth-order valence-corrected chi connectivity index (χ4v) is 7.72. The van der Waals surface area contributed by atoms with Crippen molar-refractivity contribution in [2.75, 3.05) is 32.6 Å². The first-order valence-corrected chi connectivity index (χ1v) is 16.1. The summed E-state index contributed by atoms with van der Waals surface area (Å²) in [7, 11) is -8.46. The highest BCUT2D eigenvalue weighted by atomic mass is 32.2. The van der Waals surface area contributed by atoms with Crippen molar-refractivity contribution in [1.29, 1.82) is 5.26 Å². The molecule has 39 heavy (non-hydrogen) atoms. The molecule has 0 fully saturated rings. The summed E-state index contributed by atoms with van der Waals surface area (Å²) in [6.07, 6.45) is 0.465. The number of nitriles is 1. The molecule has 2 aromatic carbocycles. The molecule has 0 saturated carbocycles. The highest BCUT2D eigenvalue weighted by molar-refractivity contribution is 7.92. The van der Waals surface area contributed by atoms with Gasteiger partial charge in [-0.05, 0) is 86.4 Å². The molecule has 3 rings (SSSR count). The lowest BCUT2D eigenvalue weighted by molar-refractivity contribution is 0.265. The van der Waals surface area contributed by atoms with E-state index in [0.717, 1.165) is 40.7 Å². The van der Waals surface area contributed by atoms with E-state index in [9.17, 15) is 22.3 Å². The zero-order valence-corrected chi connectivity index (χ0v) is 23.8. The maximum atomic E-state index is 13.9. The summed E-state index contributed by atoms with van der Waals surface area (Å²) in [6, 6.07) is 11.2. The Labute approximate surface area is 230 Å². The van der Waals surface area contributed by atoms with Crippen LogP contribution in [0.4, 0.5) is 4.39 Å². The Morgan fingerprint density at radius 2 is 1.72 bits per heavy atom. The van der Waals surface area contributed by atoms with Crippen LogP contribution in [0.3, 0.4) is 0 Å². The molecular weight excluding hydrogens is 566 g/mol. The molecule has 14 heteroatoms. The normalized spacial score (nSPS) is 13.0. The van der Waals surface area contributed by atoms with Gasteiger partial charge in [0.25, 0.3) is 10.0 Å². The molecule has 0 aliphatic heterocycles. The molecule has 6 N–H and O–H groups in total. The van der Waals surface area contributed by atoms with E-state index in [0.29, 0.717) is 55.5 Å². The SMILES string of the molecule is Cc1cc(OCCCN)c(OCCCN)cc1-c1ccc(S(=O)(=O)NCP(=O)(O)c2ccc(C#N)c(F)c2)s1. The number of hydrogen-bond donors (Lipinski definition) is 4. The molecule has 1 atom stereocenters. The van der Waals surface area contributed by atoms with Crippen LogP contribution in [0.5, 0.6) is 11.5 Å². The van der Waals surface area contributed by atoms with Crippen molar-refractivity contribution >= 4 is 34.0 Å². The van der Waals surface area contributed by atoms with Crippen molar-refractivity contribution < 1.29 is 31.7 Å². The van der Waals surface area contributed by atoms with Crippen LogP contribution < -0.4 is 31.0 Å². The number of hydrogen-bond acceptors (Lipinski definition) is 9. The number of ether oxygens (including phenoxy) is 2. The van der Waals surface area contributed by atoms with Crippen molar-refractivity contribution in [3.63, 3.8) is 0 Å². The Hall–Kier alpha value is -2.82. The van der Waals surface area contributed by atoms with E-state index >= 15 is 0 Å². The fourth-order valence-electron chi connectivity index (χ4n) is 3.44. The number of nitrogens with zero attached hydrogens (tertiary/aromatic N) is 1. The van der Waals surface area contributed by atoms with Gasteiger partial charge in [0.2, 0.25) is 7.37 Å². The largest absolute Gasteiger partial charge is 0.490 e. The second-order valence-corrected chi connectivity index (χ2v) is 13.8. The van der Waals surface area contributed by atoms with E-state index in [1.165, 1.54) is 6.07 Å². The van der Waals surface area contributed by atoms with Crippen LogP contribution >= 0.6 is 18.7 Å². The summed E-state index contributed by atoms with van der Waals surface area (Å²) in [5.41, 5.74) is 12.4. The summed E-state index contributed by atoms with van der Waals surface area (Å²) in [4.78, 5) is 11.0. The smallest absolute Gasteiger partial charge is 0.250 e. The Morgan fingerprint density at radius 1 is 1.08 bits per heavy atom. The van der Waals surface area contributed by atoms with E-state index in [2.05, 4.69) is 4.72 Å². The first kappa shape index (κ1) is 30.7. The van der Waals surface area contributed by atoms with Crippen molar-refractivity contribution in [3.8, 4) is 28.0 Å². The van der Waals surface area contributed by atoms with Gasteiger partial charge in [-0.2, -0.15) is 5.26 Å². The first-order valence-electron chi connectivity index (χ1n) is 11.9. The molecule has 0 saturated heterocycles. The van der Waals surface area contributed by atoms with Crippen LogP contribution in [-0.2, 0) is 14.6 Å². The maximum absolute atomic E-state index is 13.9. The molecule has 0 bridgehead atoms. The molecule has 1 aromatic heterocycles. The molecule has 10 nitrogen and oxygen atoms in total. The van der Waals surface area contributed by atoms with Crippen molar-refractivity contribution in [2.45, 2.75) is 24.0 Å². The van der Waals surface area contributed by atoms with Crippen molar-refractivity contribution in [1.82, 2.24) is 4.72 Å². The number of halogens is 1. The maximum Gasteiger partial charge on any atom is 0.250 e. The number of sulfonamides is 1. The van der Waals surface area contributed by atoms with Gasteiger partial charge < -0.3 is 25.8 Å². The third-order valence-electron chi connectivity index (χ3n) is 5.56. The van der Waals surface area contributed by atoms with Crippen LogP contribution in [0, 0.1) is 24.1 Å². The Balaban J connectivity index is 1.82. The molecule has 0 spiro atoms. The lowest BCUT2D eigenvalue weighted by atomic mass is 10.1. The van der Waals surface area contributed by atoms with Gasteiger partial charge in [-0.15, -0.1) is 11.3 Å². The van der Waals surface area contributed by atoms with Crippen molar-refractivity contribution in [3.05, 3.63) is 59.4 Å². The van der Waals surface area contributed by atoms with Gasteiger partial charge in [-0.3, -0.25) is 4.57 Å². The molecule has 0 aliphatic carbocycles. The Kier molecular flexibility index (Phi) is 10.6. The molecule has 1 unspecified atom stereocenters. The molecule has 0 radical (unpaired) electrons. The quantitative estimate of drug-likeness (QED) is 0.161. The second-order valence-electron chi connectivity index (χ2n) is 8.50. The number of benzene rings is 2. The third kappa shape index (κ3) is 7.86. The predicted molar refractivity (Wildman–Crippen MR) is 149 cm³/mol. The lowest BCUT2D eigenvalue weighted by Crippen LogP contribution is -2.26. The van der Waals surface area contributed by atoms with Gasteiger partial charge in [0.15, 0.2) is 11.5 Å². The zero-order chi connectivity index (χ0) is 28.6. The number of nitrogens with two attached hydrogens (primary N) is 2. The van der Waals surface area contributed by atoms with E-state index in [1.807, 2.05) is 13.0 Å². The number of nitrogens with one attached hydrogen (secondary N) is 1. The summed E-state index contributed by atoms with van der Waals surface area (Å²) >= 11 is 0.975. The van der Waals surface area contributed by atoms with E-state index in [4.69, 9.17) is 26.2 Å². The standard InChI is InChI=1S/C25H30FN4O6PS2/c1-17-12-22(35-10-2-8-27)23(36-11-3-9-28)14-20(17)24-6-7-25(38-24)39(33,34)30-16-37(31,32)19-5-4-18(15-29)21(26)13-19/h4-7,12-14,30H,2-3,8-11,16,27-28H2,1H3,(H,31,32). The molecule has 1 heterocycles. The average Bonchev–Trinajstić information content (AvgIpc) is 3.40. The molecule has 210 valence electrons. The van der Waals surface area contributed by atoms with Gasteiger partial charge in [-0.1, -0.05) is 0 Å². The average molecular weight is 597 g/mol. The summed E-state index contributed by atoms with van der Waals surface area (Å²) in [6.45, 7) is 3.60. The van der Waals surface area contributed by atoms with Crippen LogP contribution in [-0.4, -0.2) is 45.9 Å². The summed E-state index contributed by atoms with van der Waals surface area (Å²) in [5, 5.41) is 8.53. The van der Waals surface area contributed by atoms with Gasteiger partial charge in [0.05, 0.1) is 25.1 Å². The minimum absolute atomic E-state index is 0.0724. The van der Waals surface area contributed by atoms with Gasteiger partial charge >= 0.3 is 0 Å². The van der Waals surface area contributed by atoms with E-state index in [-0.39, 0.29) is 15.1 Å². The number of rotatable bonds is 14. The Bertz CT molecular complexity index is 1510. The number of thiophene rings is 1. The minimum Gasteiger partial charge on any atom is -0.490 e. The molecule has 0 aliphatic rings. The lowest BCUT2D eigenvalue weighted by Gasteiger charge is -2.16. The first-order chi connectivity index (χ1) is 18.5. The van der Waals surface area contributed by atoms with Crippen LogP contribution in [0.25, 0.3) is 10.4 Å². The molecule has 3 aromatic rings. The second kappa shape index (κ2) is 13.5. The van der Waals surface area contributed by atoms with Gasteiger partial charge in [0.1, 0.15) is 16.1 Å². The molecular formula is C25H30FN4O6PS2. The number of aryl methyl sites for hydroxylation is 1. The van der Waals surface area contributed by atoms with Gasteiger partial charge in [-0.25, -0.2) is 17.5 Å². The highest BCUT2D eigenvalue weighted by Crippen LogP contribution is 2.41. The topological polar surface area (TPSA) is 178 Å². The van der Waals surface area contributed by atoms with E-state index < -0.39 is 29.5 Å². The molecule has 0 amide bonds.